The molecule has 0 radical (unpaired) electrons. The van der Waals surface area contributed by atoms with Crippen molar-refractivity contribution < 1.29 is 34.8 Å². The molecule has 0 unspecified atom stereocenters. The van der Waals surface area contributed by atoms with Gasteiger partial charge in [-0.3, -0.25) is 24.3 Å². The van der Waals surface area contributed by atoms with Crippen molar-refractivity contribution in [3.05, 3.63) is 64.4 Å². The van der Waals surface area contributed by atoms with Crippen molar-refractivity contribution >= 4 is 35.3 Å². The topological polar surface area (TPSA) is 186 Å². The number of amides is 1. The first-order valence-corrected chi connectivity index (χ1v) is 14.0. The van der Waals surface area contributed by atoms with Gasteiger partial charge in [0, 0.05) is 17.2 Å². The Hall–Kier alpha value is -4.48. The number of ketones is 2. The Morgan fingerprint density at radius 3 is 2.33 bits per heavy atom. The summed E-state index contributed by atoms with van der Waals surface area (Å²) in [6.07, 6.45) is 1.87. The summed E-state index contributed by atoms with van der Waals surface area (Å²) >= 11 is 0. The minimum atomic E-state index is -2.67. The first-order chi connectivity index (χ1) is 20.1. The monoisotopic (exact) mass is 588 g/mol. The summed E-state index contributed by atoms with van der Waals surface area (Å²) in [6, 6.07) is 9.53. The summed E-state index contributed by atoms with van der Waals surface area (Å²) in [4.78, 5) is 45.3. The molecule has 0 saturated heterocycles. The maximum Gasteiger partial charge on any atom is 0.255 e. The molecule has 0 heterocycles. The largest absolute Gasteiger partial charge is 0.508 e. The fourth-order valence-corrected chi connectivity index (χ4v) is 6.56. The van der Waals surface area contributed by atoms with Gasteiger partial charge in [0.2, 0.25) is 5.78 Å². The van der Waals surface area contributed by atoms with E-state index in [1.54, 1.807) is 26.5 Å². The van der Waals surface area contributed by atoms with E-state index in [0.717, 1.165) is 16.8 Å². The van der Waals surface area contributed by atoms with Crippen molar-refractivity contribution in [2.24, 2.45) is 22.6 Å². The van der Waals surface area contributed by atoms with E-state index < -0.39 is 58.0 Å². The second-order valence-electron chi connectivity index (χ2n) is 12.6. The van der Waals surface area contributed by atoms with Crippen LogP contribution in [-0.2, 0) is 20.8 Å². The van der Waals surface area contributed by atoms with Gasteiger partial charge in [0.1, 0.15) is 22.8 Å². The number of nitrogens with zero attached hydrogens (tertiary/aromatic N) is 2. The number of carbonyl (C=O) groups is 3. The fraction of sp³-hybridized carbons (Fsp3) is 0.375. The van der Waals surface area contributed by atoms with Crippen molar-refractivity contribution in [2.45, 2.75) is 50.8 Å². The smallest absolute Gasteiger partial charge is 0.255 e. The van der Waals surface area contributed by atoms with E-state index in [1.807, 2.05) is 45.0 Å². The van der Waals surface area contributed by atoms with Gasteiger partial charge in [0.05, 0.1) is 23.5 Å². The van der Waals surface area contributed by atoms with Gasteiger partial charge >= 0.3 is 0 Å². The molecule has 3 aliphatic carbocycles. The number of Topliss-reactive ketones (excluding diaryl/α,β-unsaturated/α-hetero) is 2. The molecule has 0 aromatic heterocycles. The lowest BCUT2D eigenvalue weighted by Crippen LogP contribution is -2.65. The molecule has 4 atom stereocenters. The van der Waals surface area contributed by atoms with E-state index in [2.05, 4.69) is 10.3 Å². The summed E-state index contributed by atoms with van der Waals surface area (Å²) in [5.41, 5.74) is 4.45. The Bertz CT molecular complexity index is 1630. The number of phenolic OH excluding ortho intramolecular Hbond substituents is 1. The van der Waals surface area contributed by atoms with Crippen LogP contribution in [0, 0.1) is 11.8 Å². The predicted molar refractivity (Wildman–Crippen MR) is 162 cm³/mol. The normalized spacial score (nSPS) is 25.6. The number of aromatic hydroxyl groups is 1. The number of aliphatic hydroxyl groups is 3. The third kappa shape index (κ3) is 4.78. The molecule has 0 bridgehead atoms. The molecule has 2 aromatic rings. The van der Waals surface area contributed by atoms with Crippen LogP contribution >= 0.6 is 0 Å². The summed E-state index contributed by atoms with van der Waals surface area (Å²) in [6.45, 7) is 5.97. The fourth-order valence-electron chi connectivity index (χ4n) is 6.56. The van der Waals surface area contributed by atoms with Crippen molar-refractivity contribution in [1.82, 2.24) is 4.90 Å². The maximum absolute atomic E-state index is 14.0. The first-order valence-electron chi connectivity index (χ1n) is 14.0. The molecule has 43 heavy (non-hydrogen) atoms. The molecule has 2 aromatic carbocycles. The van der Waals surface area contributed by atoms with E-state index >= 15 is 0 Å². The highest BCUT2D eigenvalue weighted by Crippen LogP contribution is 2.53. The summed E-state index contributed by atoms with van der Waals surface area (Å²) < 4.78 is 0. The number of hydrogen-bond donors (Lipinski definition) is 6. The number of aliphatic imine (C=N–C) groups is 1. The number of phenols is 1. The number of primary amides is 1. The number of benzene rings is 2. The summed E-state index contributed by atoms with van der Waals surface area (Å²) in [5, 5.41) is 48.2. The van der Waals surface area contributed by atoms with Crippen LogP contribution in [-0.4, -0.2) is 80.4 Å². The van der Waals surface area contributed by atoms with Crippen molar-refractivity contribution in [3.63, 3.8) is 0 Å². The Kier molecular flexibility index (Phi) is 7.22. The van der Waals surface area contributed by atoms with Crippen LogP contribution in [0.25, 0.3) is 16.9 Å². The highest BCUT2D eigenvalue weighted by Gasteiger charge is 2.64. The van der Waals surface area contributed by atoms with Gasteiger partial charge in [-0.2, -0.15) is 0 Å². The highest BCUT2D eigenvalue weighted by molar-refractivity contribution is 6.24. The predicted octanol–water partition coefficient (Wildman–Crippen LogP) is 2.87. The zero-order chi connectivity index (χ0) is 31.6. The number of nitrogens with one attached hydrogen (secondary N) is 1. The number of nitrogens with two attached hydrogens (primary N) is 1. The number of aliphatic hydroxyl groups excluding tert-OH is 2. The number of anilines is 1. The Morgan fingerprint density at radius 2 is 1.74 bits per heavy atom. The molecule has 0 aliphatic heterocycles. The first kappa shape index (κ1) is 30.0. The van der Waals surface area contributed by atoms with E-state index in [-0.39, 0.29) is 35.3 Å². The second kappa shape index (κ2) is 10.4. The molecular weight excluding hydrogens is 552 g/mol. The van der Waals surface area contributed by atoms with Gasteiger partial charge in [0.25, 0.3) is 5.91 Å². The number of hydrogen-bond acceptors (Lipinski definition) is 9. The van der Waals surface area contributed by atoms with Gasteiger partial charge in [-0.1, -0.05) is 18.2 Å². The molecule has 1 saturated carbocycles. The van der Waals surface area contributed by atoms with Crippen LogP contribution < -0.4 is 11.1 Å². The zero-order valence-electron chi connectivity index (χ0n) is 24.7. The Labute approximate surface area is 249 Å². The molecule has 5 rings (SSSR count). The zero-order valence-corrected chi connectivity index (χ0v) is 24.7. The van der Waals surface area contributed by atoms with Crippen LogP contribution in [0.15, 0.2) is 58.3 Å². The molecule has 7 N–H and O–H groups in total. The van der Waals surface area contributed by atoms with E-state index in [9.17, 15) is 34.8 Å². The van der Waals surface area contributed by atoms with Crippen LogP contribution in [0.3, 0.4) is 0 Å². The third-order valence-electron chi connectivity index (χ3n) is 8.48. The molecule has 1 fully saturated rings. The molecule has 0 spiro atoms. The van der Waals surface area contributed by atoms with E-state index in [1.165, 1.54) is 11.0 Å². The van der Waals surface area contributed by atoms with Gasteiger partial charge < -0.3 is 31.5 Å². The summed E-state index contributed by atoms with van der Waals surface area (Å²) in [7, 11) is 3.13. The standard InChI is InChI=1S/C32H36N4O7/c1-31(2,3)35-14-34-17-8-6-15(7-9-17)18-10-11-21(37)23-19(18)12-16-13-20-25(36(4)5)27(39)24(30(33)42)29(41)32(20,43)28(40)22(16)26(23)38/h6-11,14,16,20,25,37-38,41,43H,12-13H2,1-5H3,(H2,33,42)(H,34,35)/t16-,20-,25-,32+/m1/s1. The quantitative estimate of drug-likeness (QED) is 0.174. The molecule has 1 amide bonds. The van der Waals surface area contributed by atoms with Crippen LogP contribution in [0.5, 0.6) is 5.75 Å². The highest BCUT2D eigenvalue weighted by atomic mass is 16.3. The average Bonchev–Trinajstić information content (AvgIpc) is 2.90. The molecule has 226 valence electrons. The Balaban J connectivity index is 1.60. The van der Waals surface area contributed by atoms with Crippen LogP contribution in [0.1, 0.15) is 38.3 Å². The minimum Gasteiger partial charge on any atom is -0.508 e. The third-order valence-corrected chi connectivity index (χ3v) is 8.48. The average molecular weight is 589 g/mol. The van der Waals surface area contributed by atoms with E-state index in [4.69, 9.17) is 5.73 Å². The molecular formula is C32H36N4O7. The lowest BCUT2D eigenvalue weighted by atomic mass is 9.57. The number of carbonyl (C=O) groups excluding carboxylic acids is 3. The molecule has 11 heteroatoms. The van der Waals surface area contributed by atoms with Gasteiger partial charge in [-0.05, 0) is 88.5 Å². The lowest BCUT2D eigenvalue weighted by Gasteiger charge is -2.50. The van der Waals surface area contributed by atoms with Crippen molar-refractivity contribution in [1.29, 1.82) is 0 Å². The van der Waals surface area contributed by atoms with Gasteiger partial charge in [-0.25, -0.2) is 0 Å². The Morgan fingerprint density at radius 1 is 1.09 bits per heavy atom. The van der Waals surface area contributed by atoms with Crippen LogP contribution in [0.2, 0.25) is 0 Å². The van der Waals surface area contributed by atoms with E-state index in [0.29, 0.717) is 5.56 Å². The van der Waals surface area contributed by atoms with Gasteiger partial charge in [0.15, 0.2) is 11.4 Å². The van der Waals surface area contributed by atoms with Crippen molar-refractivity contribution in [3.8, 4) is 16.9 Å². The minimum absolute atomic E-state index is 0.0246. The maximum atomic E-state index is 14.0. The lowest BCUT2D eigenvalue weighted by molar-refractivity contribution is -0.153. The second-order valence-corrected chi connectivity index (χ2v) is 12.6. The summed E-state index contributed by atoms with van der Waals surface area (Å²) in [5.74, 6) is -6.77. The van der Waals surface area contributed by atoms with Gasteiger partial charge in [-0.15, -0.1) is 0 Å². The van der Waals surface area contributed by atoms with Crippen LogP contribution in [0.4, 0.5) is 5.69 Å². The number of rotatable bonds is 5. The number of fused-ring (bicyclic) bond motifs is 3. The molecule has 3 aliphatic rings. The molecule has 11 nitrogen and oxygen atoms in total. The SMILES string of the molecule is CN(C)[C@H]1C(=O)C(C(N)=O)=C(O)[C@@]2(O)C(=O)C3=C(O)c4c(O)ccc(-c5ccc(NC=NC(C)(C)C)cc5)c4C[C@@H]3C[C@H]12. The van der Waals surface area contributed by atoms with Crippen molar-refractivity contribution in [2.75, 3.05) is 19.4 Å². The number of likely N-dealkylation sites (N-methyl/N-ethyl adjacent to an activating group) is 1.